The van der Waals surface area contributed by atoms with Gasteiger partial charge < -0.3 is 0 Å². The third-order valence-corrected chi connectivity index (χ3v) is 8.50. The number of thioether (sulfide) groups is 2. The minimum atomic E-state index is 0.658. The molecule has 0 aliphatic carbocycles. The van der Waals surface area contributed by atoms with Gasteiger partial charge in [0.1, 0.15) is 0 Å². The molecule has 0 aliphatic rings. The van der Waals surface area contributed by atoms with E-state index in [1.54, 1.807) is 24.3 Å². The fourth-order valence-corrected chi connectivity index (χ4v) is 5.78. The Morgan fingerprint density at radius 3 is 1.22 bits per heavy atom. The lowest BCUT2D eigenvalue weighted by Gasteiger charge is -2.04. The van der Waals surface area contributed by atoms with Crippen LogP contribution in [0.5, 0.6) is 0 Å². The van der Waals surface area contributed by atoms with Crippen molar-refractivity contribution in [2.45, 2.75) is 41.9 Å². The molecule has 4 nitrogen and oxygen atoms in total. The molecule has 41 heavy (non-hydrogen) atoms. The maximum Gasteiger partial charge on any atom is 0.0991 e. The van der Waals surface area contributed by atoms with Gasteiger partial charge in [-0.1, -0.05) is 43.5 Å². The molecule has 0 bridgehead atoms. The second-order valence-electron chi connectivity index (χ2n) is 9.44. The highest BCUT2D eigenvalue weighted by atomic mass is 32.2. The number of hydrogen-bond donors (Lipinski definition) is 0. The van der Waals surface area contributed by atoms with Gasteiger partial charge in [-0.25, -0.2) is 0 Å². The van der Waals surface area contributed by atoms with Crippen LogP contribution >= 0.6 is 23.5 Å². The van der Waals surface area contributed by atoms with Gasteiger partial charge in [-0.15, -0.1) is 23.5 Å². The van der Waals surface area contributed by atoms with Crippen molar-refractivity contribution in [1.29, 1.82) is 10.5 Å². The Balaban J connectivity index is 1.04. The molecule has 0 saturated carbocycles. The zero-order valence-electron chi connectivity index (χ0n) is 22.9. The minimum absolute atomic E-state index is 0.658. The van der Waals surface area contributed by atoms with Crippen molar-refractivity contribution in [3.63, 3.8) is 0 Å². The number of unbranched alkanes of at least 4 members (excludes halogenated alkanes) is 4. The first kappa shape index (κ1) is 29.9. The molecule has 0 amide bonds. The monoisotopic (exact) mass is 572 g/mol. The highest BCUT2D eigenvalue weighted by Gasteiger charge is 1.99. The molecule has 0 fully saturated rings. The summed E-state index contributed by atoms with van der Waals surface area (Å²) in [5.74, 6) is 2.28. The van der Waals surface area contributed by atoms with Crippen LogP contribution in [0, 0.1) is 22.7 Å². The second-order valence-corrected chi connectivity index (χ2v) is 11.8. The van der Waals surface area contributed by atoms with Crippen molar-refractivity contribution in [3.8, 4) is 12.1 Å². The standard InChI is InChI=1S/C35H32N4S2/c36-24-28-6-10-30(11-7-28)26-38-32-14-18-34(19-15-32)40-22-4-2-1-3-5-23-41-35-20-16-33(17-21-35)39-27-31-12-8-29(25-37)9-13-31/h6-21,26-27H,1-5,22-23H2. The Bertz CT molecular complexity index is 1380. The molecule has 4 aromatic carbocycles. The van der Waals surface area contributed by atoms with E-state index < -0.39 is 0 Å². The summed E-state index contributed by atoms with van der Waals surface area (Å²) in [6.07, 6.45) is 9.96. The Kier molecular flexibility index (Phi) is 12.3. The molecule has 4 aromatic rings. The third-order valence-electron chi connectivity index (χ3n) is 6.30. The molecule has 4 rings (SSSR count). The number of rotatable bonds is 14. The van der Waals surface area contributed by atoms with E-state index >= 15 is 0 Å². The Morgan fingerprint density at radius 2 is 0.854 bits per heavy atom. The van der Waals surface area contributed by atoms with Gasteiger partial charge in [0.15, 0.2) is 0 Å². The van der Waals surface area contributed by atoms with Gasteiger partial charge in [-0.3, -0.25) is 9.98 Å². The first-order valence-corrected chi connectivity index (χ1v) is 15.7. The van der Waals surface area contributed by atoms with Crippen LogP contribution in [-0.2, 0) is 0 Å². The summed E-state index contributed by atoms with van der Waals surface area (Å²) in [4.78, 5) is 11.6. The van der Waals surface area contributed by atoms with Crippen LogP contribution in [0.4, 0.5) is 11.4 Å². The van der Waals surface area contributed by atoms with Gasteiger partial charge in [0, 0.05) is 22.2 Å². The van der Waals surface area contributed by atoms with Gasteiger partial charge in [-0.2, -0.15) is 10.5 Å². The number of benzene rings is 4. The number of aliphatic imine (C=N–C) groups is 2. The predicted molar refractivity (Wildman–Crippen MR) is 174 cm³/mol. The normalized spacial score (nSPS) is 11.1. The highest BCUT2D eigenvalue weighted by molar-refractivity contribution is 7.99. The number of nitrogens with zero attached hydrogens (tertiary/aromatic N) is 4. The quantitative estimate of drug-likeness (QED) is 0.0856. The molecule has 6 heteroatoms. The Labute approximate surface area is 251 Å². The van der Waals surface area contributed by atoms with E-state index in [1.807, 2.05) is 60.2 Å². The summed E-state index contributed by atoms with van der Waals surface area (Å²) in [6.45, 7) is 0. The first-order valence-electron chi connectivity index (χ1n) is 13.8. The lowest BCUT2D eigenvalue weighted by atomic mass is 10.2. The van der Waals surface area contributed by atoms with Crippen LogP contribution in [-0.4, -0.2) is 23.9 Å². The largest absolute Gasteiger partial charge is 0.256 e. The average molecular weight is 573 g/mol. The van der Waals surface area contributed by atoms with Gasteiger partial charge >= 0.3 is 0 Å². The van der Waals surface area contributed by atoms with Crippen LogP contribution in [0.15, 0.2) is 117 Å². The fraction of sp³-hybridized carbons (Fsp3) is 0.200. The van der Waals surface area contributed by atoms with Gasteiger partial charge in [-0.05, 0) is 108 Å². The minimum Gasteiger partial charge on any atom is -0.256 e. The topological polar surface area (TPSA) is 72.3 Å². The van der Waals surface area contributed by atoms with Crippen LogP contribution in [0.1, 0.15) is 54.4 Å². The average Bonchev–Trinajstić information content (AvgIpc) is 3.03. The predicted octanol–water partition coefficient (Wildman–Crippen LogP) is 9.77. The van der Waals surface area contributed by atoms with E-state index in [4.69, 9.17) is 10.5 Å². The van der Waals surface area contributed by atoms with Crippen molar-refractivity contribution >= 4 is 47.3 Å². The van der Waals surface area contributed by atoms with Crippen LogP contribution in [0.2, 0.25) is 0 Å². The van der Waals surface area contributed by atoms with E-state index in [0.717, 1.165) is 34.0 Å². The van der Waals surface area contributed by atoms with Gasteiger partial charge in [0.2, 0.25) is 0 Å². The van der Waals surface area contributed by atoms with E-state index in [1.165, 1.54) is 41.9 Å². The van der Waals surface area contributed by atoms with Crippen LogP contribution in [0.25, 0.3) is 0 Å². The lowest BCUT2D eigenvalue weighted by Crippen LogP contribution is -1.85. The van der Waals surface area contributed by atoms with Crippen molar-refractivity contribution in [3.05, 3.63) is 119 Å². The lowest BCUT2D eigenvalue weighted by molar-refractivity contribution is 0.662. The van der Waals surface area contributed by atoms with Gasteiger partial charge in [0.25, 0.3) is 0 Å². The molecular weight excluding hydrogens is 541 g/mol. The van der Waals surface area contributed by atoms with E-state index in [2.05, 4.69) is 70.7 Å². The zero-order valence-corrected chi connectivity index (χ0v) is 24.6. The van der Waals surface area contributed by atoms with Gasteiger partial charge in [0.05, 0.1) is 34.6 Å². The molecule has 0 unspecified atom stereocenters. The van der Waals surface area contributed by atoms with E-state index in [-0.39, 0.29) is 0 Å². The first-order chi connectivity index (χ1) is 20.2. The SMILES string of the molecule is N#Cc1ccc(C=Nc2ccc(SCCCCCCCSc3ccc(N=Cc4ccc(C#N)cc4)cc3)cc2)cc1. The molecule has 0 saturated heterocycles. The van der Waals surface area contributed by atoms with Crippen molar-refractivity contribution < 1.29 is 0 Å². The number of nitriles is 2. The summed E-state index contributed by atoms with van der Waals surface area (Å²) >= 11 is 3.82. The Hall–Kier alpha value is -4.10. The molecule has 0 spiro atoms. The van der Waals surface area contributed by atoms with Crippen LogP contribution < -0.4 is 0 Å². The molecule has 0 aliphatic heterocycles. The maximum atomic E-state index is 8.89. The van der Waals surface area contributed by atoms with Crippen molar-refractivity contribution in [2.24, 2.45) is 9.98 Å². The maximum absolute atomic E-state index is 8.89. The Morgan fingerprint density at radius 1 is 0.488 bits per heavy atom. The molecule has 204 valence electrons. The molecule has 0 heterocycles. The summed E-state index contributed by atoms with van der Waals surface area (Å²) < 4.78 is 0. The third kappa shape index (κ3) is 10.8. The summed E-state index contributed by atoms with van der Waals surface area (Å²) in [5.41, 5.74) is 5.15. The summed E-state index contributed by atoms with van der Waals surface area (Å²) in [6, 6.07) is 35.9. The zero-order chi connectivity index (χ0) is 28.5. The summed E-state index contributed by atoms with van der Waals surface area (Å²) in [5, 5.41) is 17.8. The second kappa shape index (κ2) is 16.9. The van der Waals surface area contributed by atoms with E-state index in [0.29, 0.717) is 11.1 Å². The van der Waals surface area contributed by atoms with E-state index in [9.17, 15) is 0 Å². The molecule has 0 radical (unpaired) electrons. The van der Waals surface area contributed by atoms with Crippen molar-refractivity contribution in [2.75, 3.05) is 11.5 Å². The fourth-order valence-electron chi connectivity index (χ4n) is 3.96. The summed E-state index contributed by atoms with van der Waals surface area (Å²) in [7, 11) is 0. The molecule has 0 N–H and O–H groups in total. The number of hydrogen-bond acceptors (Lipinski definition) is 6. The molecular formula is C35H32N4S2. The van der Waals surface area contributed by atoms with Crippen LogP contribution in [0.3, 0.4) is 0 Å². The molecule has 0 aromatic heterocycles. The molecule has 0 atom stereocenters. The smallest absolute Gasteiger partial charge is 0.0991 e. The highest BCUT2D eigenvalue weighted by Crippen LogP contribution is 2.25. The van der Waals surface area contributed by atoms with Crippen molar-refractivity contribution in [1.82, 2.24) is 0 Å².